The van der Waals surface area contributed by atoms with Gasteiger partial charge in [0.25, 0.3) is 5.92 Å². The summed E-state index contributed by atoms with van der Waals surface area (Å²) in [5.41, 5.74) is 6.13. The second kappa shape index (κ2) is 4.07. The largest absolute Gasteiger partial charge is 0.454 e. The first-order valence-electron chi connectivity index (χ1n) is 6.51. The number of hydrogen-bond donors (Lipinski definition) is 1. The van der Waals surface area contributed by atoms with E-state index in [-0.39, 0.29) is 12.4 Å². The van der Waals surface area contributed by atoms with Gasteiger partial charge in [-0.3, -0.25) is 0 Å². The first-order chi connectivity index (χ1) is 8.90. The number of rotatable bonds is 2. The molecule has 0 amide bonds. The van der Waals surface area contributed by atoms with Crippen LogP contribution in [0.4, 0.5) is 8.78 Å². The maximum absolute atomic E-state index is 13.9. The lowest BCUT2D eigenvalue weighted by molar-refractivity contribution is 0.0151. The van der Waals surface area contributed by atoms with Crippen LogP contribution in [-0.2, 0) is 11.5 Å². The maximum Gasteiger partial charge on any atom is 0.270 e. The average Bonchev–Trinajstić information content (AvgIpc) is 2.94. The first kappa shape index (κ1) is 12.7. The molecule has 5 heteroatoms. The van der Waals surface area contributed by atoms with Crippen molar-refractivity contribution in [3.05, 3.63) is 23.3 Å². The van der Waals surface area contributed by atoms with Gasteiger partial charge in [0.05, 0.1) is 0 Å². The molecule has 1 aliphatic carbocycles. The smallest absolute Gasteiger partial charge is 0.270 e. The van der Waals surface area contributed by atoms with E-state index in [9.17, 15) is 8.78 Å². The van der Waals surface area contributed by atoms with E-state index in [1.807, 2.05) is 0 Å². The molecule has 2 aliphatic rings. The first-order valence-corrected chi connectivity index (χ1v) is 6.51. The summed E-state index contributed by atoms with van der Waals surface area (Å²) in [6.07, 6.45) is 3.41. The SMILES string of the molecule is CC(F)(F)c1cc2c(cc1C1(N)CCCC1)OCO2. The standard InChI is InChI=1S/C14H17F2NO2/c1-13(15,16)9-6-11-12(19-8-18-11)7-10(9)14(17)4-2-3-5-14/h6-7H,2-5,8,17H2,1H3. The molecule has 3 nitrogen and oxygen atoms in total. The molecule has 1 aromatic carbocycles. The van der Waals surface area contributed by atoms with Gasteiger partial charge >= 0.3 is 0 Å². The van der Waals surface area contributed by atoms with Crippen LogP contribution in [0.3, 0.4) is 0 Å². The van der Waals surface area contributed by atoms with E-state index < -0.39 is 11.5 Å². The molecule has 0 saturated heterocycles. The van der Waals surface area contributed by atoms with Gasteiger partial charge in [-0.1, -0.05) is 12.8 Å². The molecule has 1 saturated carbocycles. The van der Waals surface area contributed by atoms with Gasteiger partial charge in [-0.05, 0) is 30.5 Å². The van der Waals surface area contributed by atoms with Crippen molar-refractivity contribution in [3.8, 4) is 11.5 Å². The van der Waals surface area contributed by atoms with Gasteiger partial charge in [-0.25, -0.2) is 8.78 Å². The molecule has 1 heterocycles. The lowest BCUT2D eigenvalue weighted by Crippen LogP contribution is -2.35. The predicted molar refractivity (Wildman–Crippen MR) is 66.5 cm³/mol. The third-order valence-electron chi connectivity index (χ3n) is 4.02. The van der Waals surface area contributed by atoms with Crippen LogP contribution in [0.2, 0.25) is 0 Å². The van der Waals surface area contributed by atoms with Crippen LogP contribution in [0.25, 0.3) is 0 Å². The van der Waals surface area contributed by atoms with Crippen LogP contribution in [0.15, 0.2) is 12.1 Å². The second-order valence-corrected chi connectivity index (χ2v) is 5.50. The van der Waals surface area contributed by atoms with Crippen molar-refractivity contribution in [2.24, 2.45) is 5.73 Å². The normalized spacial score (nSPS) is 20.8. The van der Waals surface area contributed by atoms with Crippen LogP contribution in [-0.4, -0.2) is 6.79 Å². The number of nitrogens with two attached hydrogens (primary N) is 1. The summed E-state index contributed by atoms with van der Waals surface area (Å²) in [4.78, 5) is 0. The Hall–Kier alpha value is -1.36. The number of benzene rings is 1. The Morgan fingerprint density at radius 2 is 1.74 bits per heavy atom. The highest BCUT2D eigenvalue weighted by Gasteiger charge is 2.40. The Morgan fingerprint density at radius 1 is 1.16 bits per heavy atom. The van der Waals surface area contributed by atoms with Crippen molar-refractivity contribution in [2.45, 2.75) is 44.1 Å². The van der Waals surface area contributed by atoms with E-state index in [2.05, 4.69) is 0 Å². The van der Waals surface area contributed by atoms with Crippen molar-refractivity contribution in [3.63, 3.8) is 0 Å². The molecular formula is C14H17F2NO2. The van der Waals surface area contributed by atoms with Crippen LogP contribution >= 0.6 is 0 Å². The number of fused-ring (bicyclic) bond motifs is 1. The summed E-state index contributed by atoms with van der Waals surface area (Å²) in [6.45, 7) is 0.970. The summed E-state index contributed by atoms with van der Waals surface area (Å²) in [6, 6.07) is 3.02. The monoisotopic (exact) mass is 269 g/mol. The Kier molecular flexibility index (Phi) is 2.71. The van der Waals surface area contributed by atoms with Gasteiger partial charge in [0.15, 0.2) is 11.5 Å². The highest BCUT2D eigenvalue weighted by atomic mass is 19.3. The van der Waals surface area contributed by atoms with Crippen molar-refractivity contribution in [1.82, 2.24) is 0 Å². The fourth-order valence-corrected chi connectivity index (χ4v) is 2.99. The van der Waals surface area contributed by atoms with Crippen molar-refractivity contribution >= 4 is 0 Å². The fourth-order valence-electron chi connectivity index (χ4n) is 2.99. The van der Waals surface area contributed by atoms with Crippen LogP contribution < -0.4 is 15.2 Å². The van der Waals surface area contributed by atoms with E-state index in [1.165, 1.54) is 6.07 Å². The third kappa shape index (κ3) is 2.06. The van der Waals surface area contributed by atoms with Gasteiger partial charge in [0.2, 0.25) is 6.79 Å². The van der Waals surface area contributed by atoms with E-state index >= 15 is 0 Å². The minimum atomic E-state index is -2.94. The molecule has 0 aromatic heterocycles. The third-order valence-corrected chi connectivity index (χ3v) is 4.02. The lowest BCUT2D eigenvalue weighted by atomic mass is 9.84. The quantitative estimate of drug-likeness (QED) is 0.896. The Balaban J connectivity index is 2.16. The number of alkyl halides is 2. The Morgan fingerprint density at radius 3 is 2.32 bits per heavy atom. The number of halogens is 2. The second-order valence-electron chi connectivity index (χ2n) is 5.50. The minimum Gasteiger partial charge on any atom is -0.454 e. The summed E-state index contributed by atoms with van der Waals surface area (Å²) in [5.74, 6) is -2.05. The van der Waals surface area contributed by atoms with Gasteiger partial charge in [0.1, 0.15) is 0 Å². The fraction of sp³-hybridized carbons (Fsp3) is 0.571. The Bertz CT molecular complexity index is 505. The molecule has 19 heavy (non-hydrogen) atoms. The Labute approximate surface area is 110 Å². The highest BCUT2D eigenvalue weighted by molar-refractivity contribution is 5.52. The summed E-state index contributed by atoms with van der Waals surface area (Å²) >= 11 is 0. The topological polar surface area (TPSA) is 44.5 Å². The zero-order chi connectivity index (χ0) is 13.7. The summed E-state index contributed by atoms with van der Waals surface area (Å²) < 4.78 is 38.2. The summed E-state index contributed by atoms with van der Waals surface area (Å²) in [7, 11) is 0. The van der Waals surface area contributed by atoms with Crippen molar-refractivity contribution in [1.29, 1.82) is 0 Å². The van der Waals surface area contributed by atoms with Gasteiger partial charge in [0, 0.05) is 18.0 Å². The van der Waals surface area contributed by atoms with Crippen LogP contribution in [0, 0.1) is 0 Å². The van der Waals surface area contributed by atoms with E-state index in [0.717, 1.165) is 32.6 Å². The predicted octanol–water partition coefficient (Wildman–Crippen LogP) is 3.26. The van der Waals surface area contributed by atoms with E-state index in [1.54, 1.807) is 6.07 Å². The highest BCUT2D eigenvalue weighted by Crippen LogP contribution is 2.47. The van der Waals surface area contributed by atoms with Crippen LogP contribution in [0.1, 0.15) is 43.7 Å². The number of hydrogen-bond acceptors (Lipinski definition) is 3. The van der Waals surface area contributed by atoms with E-state index in [0.29, 0.717) is 17.1 Å². The molecular weight excluding hydrogens is 252 g/mol. The molecule has 1 aliphatic heterocycles. The van der Waals surface area contributed by atoms with Crippen molar-refractivity contribution in [2.75, 3.05) is 6.79 Å². The molecule has 0 spiro atoms. The molecule has 0 atom stereocenters. The molecule has 0 radical (unpaired) electrons. The van der Waals surface area contributed by atoms with Crippen molar-refractivity contribution < 1.29 is 18.3 Å². The average molecular weight is 269 g/mol. The van der Waals surface area contributed by atoms with Crippen LogP contribution in [0.5, 0.6) is 11.5 Å². The minimum absolute atomic E-state index is 0.0406. The molecule has 2 N–H and O–H groups in total. The number of ether oxygens (including phenoxy) is 2. The van der Waals surface area contributed by atoms with E-state index in [4.69, 9.17) is 15.2 Å². The van der Waals surface area contributed by atoms with Gasteiger partial charge in [-0.15, -0.1) is 0 Å². The van der Waals surface area contributed by atoms with Gasteiger partial charge < -0.3 is 15.2 Å². The summed E-state index contributed by atoms with van der Waals surface area (Å²) in [5, 5.41) is 0. The molecule has 104 valence electrons. The molecule has 0 unspecified atom stereocenters. The molecule has 1 aromatic rings. The molecule has 1 fully saturated rings. The zero-order valence-corrected chi connectivity index (χ0v) is 10.8. The zero-order valence-electron chi connectivity index (χ0n) is 10.8. The lowest BCUT2D eigenvalue weighted by Gasteiger charge is -2.29. The molecule has 3 rings (SSSR count). The maximum atomic E-state index is 13.9. The van der Waals surface area contributed by atoms with Gasteiger partial charge in [-0.2, -0.15) is 0 Å². The molecule has 0 bridgehead atoms.